The van der Waals surface area contributed by atoms with Gasteiger partial charge in [0.25, 0.3) is 0 Å². The molecule has 1 aromatic rings. The SMILES string of the molecule is CC1(CC(=O)N/N=C\c2ccc(Cl)cc2)SCCS1. The second kappa shape index (κ2) is 6.68. The number of halogens is 1. The van der Waals surface area contributed by atoms with Crippen molar-refractivity contribution in [1.29, 1.82) is 0 Å². The molecule has 102 valence electrons. The van der Waals surface area contributed by atoms with Crippen molar-refractivity contribution < 1.29 is 4.79 Å². The zero-order chi connectivity index (χ0) is 13.7. The van der Waals surface area contributed by atoms with Crippen LogP contribution in [0.25, 0.3) is 0 Å². The van der Waals surface area contributed by atoms with Crippen LogP contribution in [0.5, 0.6) is 0 Å². The molecule has 0 radical (unpaired) electrons. The third-order valence-electron chi connectivity index (χ3n) is 2.65. The van der Waals surface area contributed by atoms with E-state index in [9.17, 15) is 4.79 Å². The highest BCUT2D eigenvalue weighted by molar-refractivity contribution is 8.21. The Morgan fingerprint density at radius 2 is 2.05 bits per heavy atom. The summed E-state index contributed by atoms with van der Waals surface area (Å²) in [5, 5.41) is 4.64. The van der Waals surface area contributed by atoms with Crippen LogP contribution in [0.3, 0.4) is 0 Å². The Labute approximate surface area is 126 Å². The number of benzene rings is 1. The fourth-order valence-corrected chi connectivity index (χ4v) is 4.67. The molecule has 2 rings (SSSR count). The van der Waals surface area contributed by atoms with Gasteiger partial charge in [0, 0.05) is 16.5 Å². The first kappa shape index (κ1) is 14.8. The average Bonchev–Trinajstić information content (AvgIpc) is 2.78. The zero-order valence-corrected chi connectivity index (χ0v) is 12.9. The molecule has 0 unspecified atom stereocenters. The van der Waals surface area contributed by atoms with Crippen molar-refractivity contribution >= 4 is 47.2 Å². The van der Waals surface area contributed by atoms with Crippen molar-refractivity contribution in [3.05, 3.63) is 34.9 Å². The third-order valence-corrected chi connectivity index (χ3v) is 6.20. The zero-order valence-electron chi connectivity index (χ0n) is 10.6. The Kier molecular flexibility index (Phi) is 5.19. The molecule has 3 nitrogen and oxygen atoms in total. The normalized spacial score (nSPS) is 17.8. The molecule has 1 aliphatic rings. The van der Waals surface area contributed by atoms with E-state index in [1.54, 1.807) is 18.3 Å². The molecular formula is C13H15ClN2OS2. The maximum Gasteiger partial charge on any atom is 0.242 e. The van der Waals surface area contributed by atoms with Gasteiger partial charge in [-0.3, -0.25) is 4.79 Å². The second-order valence-electron chi connectivity index (χ2n) is 4.35. The largest absolute Gasteiger partial charge is 0.273 e. The standard InChI is InChI=1S/C13H15ClN2OS2/c1-13(18-6-7-19-13)8-12(17)16-15-9-10-2-4-11(14)5-3-10/h2-5,9H,6-8H2,1H3,(H,16,17)/b15-9-. The number of thioether (sulfide) groups is 2. The maximum absolute atomic E-state index is 11.8. The van der Waals surface area contributed by atoms with Gasteiger partial charge in [0.05, 0.1) is 16.7 Å². The number of hydrogen-bond acceptors (Lipinski definition) is 4. The lowest BCUT2D eigenvalue weighted by molar-refractivity contribution is -0.121. The van der Waals surface area contributed by atoms with E-state index in [0.717, 1.165) is 17.1 Å². The lowest BCUT2D eigenvalue weighted by Crippen LogP contribution is -2.26. The average molecular weight is 315 g/mol. The van der Waals surface area contributed by atoms with Crippen molar-refractivity contribution in [2.75, 3.05) is 11.5 Å². The second-order valence-corrected chi connectivity index (χ2v) is 8.24. The molecule has 0 aliphatic carbocycles. The number of nitrogens with one attached hydrogen (secondary N) is 1. The fraction of sp³-hybridized carbons (Fsp3) is 0.385. The smallest absolute Gasteiger partial charge is 0.242 e. The van der Waals surface area contributed by atoms with Crippen LogP contribution in [0.4, 0.5) is 0 Å². The van der Waals surface area contributed by atoms with Crippen molar-refractivity contribution in [2.45, 2.75) is 17.4 Å². The summed E-state index contributed by atoms with van der Waals surface area (Å²) in [7, 11) is 0. The van der Waals surface area contributed by atoms with E-state index in [-0.39, 0.29) is 9.99 Å². The lowest BCUT2D eigenvalue weighted by atomic mass is 10.2. The van der Waals surface area contributed by atoms with Gasteiger partial charge < -0.3 is 0 Å². The van der Waals surface area contributed by atoms with Crippen LogP contribution in [0.2, 0.25) is 5.02 Å². The molecule has 1 aromatic carbocycles. The highest BCUT2D eigenvalue weighted by Crippen LogP contribution is 2.45. The van der Waals surface area contributed by atoms with E-state index in [2.05, 4.69) is 17.5 Å². The third kappa shape index (κ3) is 4.75. The van der Waals surface area contributed by atoms with Gasteiger partial charge in [-0.15, -0.1) is 23.5 Å². The van der Waals surface area contributed by atoms with E-state index in [1.807, 2.05) is 35.7 Å². The summed E-state index contributed by atoms with van der Waals surface area (Å²) < 4.78 is -0.000123. The molecule has 0 aromatic heterocycles. The number of hydrazone groups is 1. The Hall–Kier alpha value is -0.650. The van der Waals surface area contributed by atoms with Gasteiger partial charge in [-0.2, -0.15) is 5.10 Å². The van der Waals surface area contributed by atoms with E-state index in [4.69, 9.17) is 11.6 Å². The van der Waals surface area contributed by atoms with Crippen LogP contribution in [-0.4, -0.2) is 27.7 Å². The van der Waals surface area contributed by atoms with Crippen LogP contribution in [0.15, 0.2) is 29.4 Å². The van der Waals surface area contributed by atoms with Gasteiger partial charge >= 0.3 is 0 Å². The van der Waals surface area contributed by atoms with Gasteiger partial charge in [-0.1, -0.05) is 23.7 Å². The Balaban J connectivity index is 1.81. The molecule has 6 heteroatoms. The van der Waals surface area contributed by atoms with Crippen LogP contribution in [0.1, 0.15) is 18.9 Å². The van der Waals surface area contributed by atoms with E-state index >= 15 is 0 Å². The van der Waals surface area contributed by atoms with Crippen molar-refractivity contribution in [3.8, 4) is 0 Å². The molecule has 19 heavy (non-hydrogen) atoms. The van der Waals surface area contributed by atoms with Gasteiger partial charge in [-0.05, 0) is 24.6 Å². The number of rotatable bonds is 4. The lowest BCUT2D eigenvalue weighted by Gasteiger charge is -2.19. The summed E-state index contributed by atoms with van der Waals surface area (Å²) in [6.07, 6.45) is 2.10. The van der Waals surface area contributed by atoms with Crippen molar-refractivity contribution in [3.63, 3.8) is 0 Å². The first-order valence-corrected chi connectivity index (χ1v) is 8.28. The molecule has 0 atom stereocenters. The van der Waals surface area contributed by atoms with Gasteiger partial charge in [-0.25, -0.2) is 5.43 Å². The molecule has 0 spiro atoms. The van der Waals surface area contributed by atoms with Gasteiger partial charge in [0.15, 0.2) is 0 Å². The molecule has 1 aliphatic heterocycles. The summed E-state index contributed by atoms with van der Waals surface area (Å²) in [6.45, 7) is 2.11. The molecule has 0 bridgehead atoms. The summed E-state index contributed by atoms with van der Waals surface area (Å²) in [4.78, 5) is 11.8. The fourth-order valence-electron chi connectivity index (χ4n) is 1.72. The highest BCUT2D eigenvalue weighted by Gasteiger charge is 2.32. The summed E-state index contributed by atoms with van der Waals surface area (Å²) >= 11 is 9.47. The predicted molar refractivity (Wildman–Crippen MR) is 85.1 cm³/mol. The number of nitrogens with zero attached hydrogens (tertiary/aromatic N) is 1. The van der Waals surface area contributed by atoms with E-state index in [0.29, 0.717) is 11.4 Å². The molecular weight excluding hydrogens is 300 g/mol. The van der Waals surface area contributed by atoms with Crippen LogP contribution in [-0.2, 0) is 4.79 Å². The van der Waals surface area contributed by atoms with Crippen LogP contribution in [0, 0.1) is 0 Å². The number of carbonyl (C=O) groups is 1. The van der Waals surface area contributed by atoms with Crippen molar-refractivity contribution in [1.82, 2.24) is 5.43 Å². The first-order chi connectivity index (χ1) is 9.07. The first-order valence-electron chi connectivity index (χ1n) is 5.93. The predicted octanol–water partition coefficient (Wildman–Crippen LogP) is 3.38. The minimum Gasteiger partial charge on any atom is -0.273 e. The number of amides is 1. The van der Waals surface area contributed by atoms with E-state index in [1.165, 1.54) is 0 Å². The molecule has 1 heterocycles. The molecule has 1 N–H and O–H groups in total. The Morgan fingerprint density at radius 1 is 1.42 bits per heavy atom. The number of hydrogen-bond donors (Lipinski definition) is 1. The van der Waals surface area contributed by atoms with Crippen LogP contribution >= 0.6 is 35.1 Å². The van der Waals surface area contributed by atoms with Gasteiger partial charge in [0.1, 0.15) is 0 Å². The van der Waals surface area contributed by atoms with Gasteiger partial charge in [0.2, 0.25) is 5.91 Å². The quantitative estimate of drug-likeness (QED) is 0.684. The minimum atomic E-state index is -0.0467. The summed E-state index contributed by atoms with van der Waals surface area (Å²) in [5.41, 5.74) is 3.47. The molecule has 1 fully saturated rings. The topological polar surface area (TPSA) is 41.5 Å². The Morgan fingerprint density at radius 3 is 2.68 bits per heavy atom. The summed E-state index contributed by atoms with van der Waals surface area (Å²) in [6, 6.07) is 7.28. The molecule has 1 saturated heterocycles. The Bertz CT molecular complexity index is 470. The monoisotopic (exact) mass is 314 g/mol. The van der Waals surface area contributed by atoms with Crippen molar-refractivity contribution in [2.24, 2.45) is 5.10 Å². The highest BCUT2D eigenvalue weighted by atomic mass is 35.5. The number of carbonyl (C=O) groups excluding carboxylic acids is 1. The van der Waals surface area contributed by atoms with Crippen LogP contribution < -0.4 is 5.43 Å². The molecule has 0 saturated carbocycles. The molecule has 1 amide bonds. The maximum atomic E-state index is 11.8. The van der Waals surface area contributed by atoms with E-state index < -0.39 is 0 Å². The summed E-state index contributed by atoms with van der Waals surface area (Å²) in [5.74, 6) is 2.18. The minimum absolute atomic E-state index is 0.000123.